The number of carboxylic acid groups (broad SMARTS) is 1. The number of ether oxygens (including phenoxy) is 1. The zero-order chi connectivity index (χ0) is 15.8. The van der Waals surface area contributed by atoms with E-state index in [2.05, 4.69) is 17.1 Å². The average molecular weight is 300 g/mol. The minimum absolute atomic E-state index is 0.213. The second-order valence-electron chi connectivity index (χ2n) is 6.01. The predicted octanol–water partition coefficient (Wildman–Crippen LogP) is 1.10. The molecule has 0 bridgehead atoms. The molecule has 1 aliphatic heterocycles. The average Bonchev–Trinajstić information content (AvgIpc) is 2.44. The molecule has 1 saturated heterocycles. The Labute approximate surface area is 126 Å². The van der Waals surface area contributed by atoms with Crippen LogP contribution in [0.2, 0.25) is 0 Å². The fourth-order valence-corrected chi connectivity index (χ4v) is 2.47. The van der Waals surface area contributed by atoms with Gasteiger partial charge in [-0.2, -0.15) is 0 Å². The van der Waals surface area contributed by atoms with Crippen LogP contribution in [0.4, 0.5) is 0 Å². The number of carbonyl (C=O) groups is 2. The molecule has 6 nitrogen and oxygen atoms in total. The van der Waals surface area contributed by atoms with E-state index in [-0.39, 0.29) is 17.9 Å². The minimum Gasteiger partial charge on any atom is -0.480 e. The van der Waals surface area contributed by atoms with Gasteiger partial charge in [0, 0.05) is 6.54 Å². The summed E-state index contributed by atoms with van der Waals surface area (Å²) in [4.78, 5) is 25.7. The normalized spacial score (nSPS) is 21.2. The first-order valence-corrected chi connectivity index (χ1v) is 7.80. The highest BCUT2D eigenvalue weighted by Crippen LogP contribution is 2.11. The van der Waals surface area contributed by atoms with E-state index in [1.165, 1.54) is 0 Å². The van der Waals surface area contributed by atoms with Crippen molar-refractivity contribution in [3.63, 3.8) is 0 Å². The second-order valence-corrected chi connectivity index (χ2v) is 6.01. The van der Waals surface area contributed by atoms with Crippen LogP contribution in [0.5, 0.6) is 0 Å². The summed E-state index contributed by atoms with van der Waals surface area (Å²) in [5.41, 5.74) is 0. The molecule has 0 aliphatic carbocycles. The Morgan fingerprint density at radius 1 is 1.43 bits per heavy atom. The number of amides is 1. The predicted molar refractivity (Wildman–Crippen MR) is 80.1 cm³/mol. The van der Waals surface area contributed by atoms with E-state index < -0.39 is 12.0 Å². The standard InChI is InChI=1S/C15H28N2O4/c1-4-5-6-17-7-8-21-10-13(17)14(18)16-12(15(19)20)9-11(2)3/h11-13H,4-10H2,1-3H3,(H,16,18)(H,19,20)/t12-,13?/m1/s1. The van der Waals surface area contributed by atoms with Gasteiger partial charge in [0.15, 0.2) is 0 Å². The molecule has 6 heteroatoms. The van der Waals surface area contributed by atoms with Crippen molar-refractivity contribution in [1.82, 2.24) is 10.2 Å². The molecule has 1 rings (SSSR count). The van der Waals surface area contributed by atoms with Crippen LogP contribution in [0.1, 0.15) is 40.0 Å². The Bertz CT molecular complexity index is 347. The lowest BCUT2D eigenvalue weighted by Crippen LogP contribution is -2.56. The number of nitrogens with zero attached hydrogens (tertiary/aromatic N) is 1. The number of hydrogen-bond donors (Lipinski definition) is 2. The van der Waals surface area contributed by atoms with E-state index in [4.69, 9.17) is 4.74 Å². The molecule has 2 N–H and O–H groups in total. The molecule has 1 fully saturated rings. The third-order valence-corrected chi connectivity index (χ3v) is 3.66. The molecule has 1 heterocycles. The molecular weight excluding hydrogens is 272 g/mol. The zero-order valence-corrected chi connectivity index (χ0v) is 13.3. The first-order valence-electron chi connectivity index (χ1n) is 7.80. The van der Waals surface area contributed by atoms with Crippen molar-refractivity contribution in [2.45, 2.75) is 52.1 Å². The van der Waals surface area contributed by atoms with Crippen LogP contribution in [-0.2, 0) is 14.3 Å². The molecule has 2 atom stereocenters. The van der Waals surface area contributed by atoms with Gasteiger partial charge in [-0.1, -0.05) is 27.2 Å². The molecule has 0 radical (unpaired) electrons. The van der Waals surface area contributed by atoms with Crippen LogP contribution in [-0.4, -0.2) is 60.3 Å². The van der Waals surface area contributed by atoms with Gasteiger partial charge in [-0.25, -0.2) is 4.79 Å². The summed E-state index contributed by atoms with van der Waals surface area (Å²) in [6.45, 7) is 8.53. The van der Waals surface area contributed by atoms with Crippen molar-refractivity contribution in [1.29, 1.82) is 0 Å². The van der Waals surface area contributed by atoms with E-state index in [1.54, 1.807) is 0 Å². The third kappa shape index (κ3) is 6.01. The highest BCUT2D eigenvalue weighted by Gasteiger charge is 2.31. The van der Waals surface area contributed by atoms with Gasteiger partial charge in [-0.05, 0) is 25.3 Å². The number of hydrogen-bond acceptors (Lipinski definition) is 4. The number of nitrogens with one attached hydrogen (secondary N) is 1. The topological polar surface area (TPSA) is 78.9 Å². The monoisotopic (exact) mass is 300 g/mol. The smallest absolute Gasteiger partial charge is 0.326 e. The largest absolute Gasteiger partial charge is 0.480 e. The van der Waals surface area contributed by atoms with E-state index in [0.717, 1.165) is 25.9 Å². The lowest BCUT2D eigenvalue weighted by atomic mass is 10.0. The van der Waals surface area contributed by atoms with Crippen molar-refractivity contribution >= 4 is 11.9 Å². The fourth-order valence-electron chi connectivity index (χ4n) is 2.47. The maximum absolute atomic E-state index is 12.4. The summed E-state index contributed by atoms with van der Waals surface area (Å²) in [6, 6.07) is -1.20. The van der Waals surface area contributed by atoms with Gasteiger partial charge in [0.2, 0.25) is 5.91 Å². The van der Waals surface area contributed by atoms with Gasteiger partial charge < -0.3 is 15.2 Å². The summed E-state index contributed by atoms with van der Waals surface area (Å²) in [5.74, 6) is -1.00. The van der Waals surface area contributed by atoms with Gasteiger partial charge in [0.1, 0.15) is 12.1 Å². The van der Waals surface area contributed by atoms with Crippen LogP contribution in [0.25, 0.3) is 0 Å². The highest BCUT2D eigenvalue weighted by atomic mass is 16.5. The molecule has 1 unspecified atom stereocenters. The molecule has 0 saturated carbocycles. The SMILES string of the molecule is CCCCN1CCOCC1C(=O)N[C@H](CC(C)C)C(=O)O. The minimum atomic E-state index is -0.978. The number of rotatable bonds is 8. The number of carbonyl (C=O) groups excluding carboxylic acids is 1. The summed E-state index contributed by atoms with van der Waals surface area (Å²) in [6.07, 6.45) is 2.53. The lowest BCUT2D eigenvalue weighted by molar-refractivity contribution is -0.144. The van der Waals surface area contributed by atoms with Gasteiger partial charge >= 0.3 is 5.97 Å². The number of aliphatic carboxylic acids is 1. The first-order chi connectivity index (χ1) is 9.95. The molecule has 0 aromatic carbocycles. The molecule has 21 heavy (non-hydrogen) atoms. The maximum atomic E-state index is 12.4. The quantitative estimate of drug-likeness (QED) is 0.702. The second kappa shape index (κ2) is 9.00. The fraction of sp³-hybridized carbons (Fsp3) is 0.867. The summed E-state index contributed by atoms with van der Waals surface area (Å²) >= 11 is 0. The number of carboxylic acids is 1. The molecule has 1 amide bonds. The van der Waals surface area contributed by atoms with Gasteiger partial charge in [0.25, 0.3) is 0 Å². The Hall–Kier alpha value is -1.14. The highest BCUT2D eigenvalue weighted by molar-refractivity contribution is 5.87. The number of morpholine rings is 1. The summed E-state index contributed by atoms with van der Waals surface area (Å²) in [7, 11) is 0. The van der Waals surface area contributed by atoms with E-state index >= 15 is 0 Å². The zero-order valence-electron chi connectivity index (χ0n) is 13.3. The summed E-state index contributed by atoms with van der Waals surface area (Å²) < 4.78 is 5.39. The molecule has 0 spiro atoms. The molecular formula is C15H28N2O4. The van der Waals surface area contributed by atoms with Crippen molar-refractivity contribution < 1.29 is 19.4 Å². The number of unbranched alkanes of at least 4 members (excludes halogenated alkanes) is 1. The lowest BCUT2D eigenvalue weighted by Gasteiger charge is -2.35. The maximum Gasteiger partial charge on any atom is 0.326 e. The van der Waals surface area contributed by atoms with Crippen molar-refractivity contribution in [2.24, 2.45) is 5.92 Å². The van der Waals surface area contributed by atoms with E-state index in [1.807, 2.05) is 13.8 Å². The van der Waals surface area contributed by atoms with Crippen LogP contribution in [0.3, 0.4) is 0 Å². The van der Waals surface area contributed by atoms with Gasteiger partial charge in [-0.3, -0.25) is 9.69 Å². The summed E-state index contributed by atoms with van der Waals surface area (Å²) in [5, 5.41) is 11.9. The van der Waals surface area contributed by atoms with Gasteiger partial charge in [0.05, 0.1) is 13.2 Å². The third-order valence-electron chi connectivity index (χ3n) is 3.66. The van der Waals surface area contributed by atoms with E-state index in [0.29, 0.717) is 19.6 Å². The Morgan fingerprint density at radius 2 is 2.14 bits per heavy atom. The van der Waals surface area contributed by atoms with Crippen molar-refractivity contribution in [3.05, 3.63) is 0 Å². The van der Waals surface area contributed by atoms with Crippen LogP contribution >= 0.6 is 0 Å². The van der Waals surface area contributed by atoms with Crippen LogP contribution in [0, 0.1) is 5.92 Å². The van der Waals surface area contributed by atoms with Crippen molar-refractivity contribution in [2.75, 3.05) is 26.3 Å². The molecule has 0 aromatic heterocycles. The molecule has 0 aromatic rings. The van der Waals surface area contributed by atoms with E-state index in [9.17, 15) is 14.7 Å². The van der Waals surface area contributed by atoms with Gasteiger partial charge in [-0.15, -0.1) is 0 Å². The van der Waals surface area contributed by atoms with Crippen LogP contribution < -0.4 is 5.32 Å². The first kappa shape index (κ1) is 17.9. The van der Waals surface area contributed by atoms with Crippen LogP contribution in [0.15, 0.2) is 0 Å². The molecule has 122 valence electrons. The Kier molecular flexibility index (Phi) is 7.67. The van der Waals surface area contributed by atoms with Crippen molar-refractivity contribution in [3.8, 4) is 0 Å². The molecule has 1 aliphatic rings. The Balaban J connectivity index is 2.62. The Morgan fingerprint density at radius 3 is 2.71 bits per heavy atom.